The molecular formula is C37H42N2O6. The number of rotatable bonds is 4. The molecule has 0 saturated carbocycles. The van der Waals surface area contributed by atoms with Crippen LogP contribution in [0.15, 0.2) is 48.5 Å². The van der Waals surface area contributed by atoms with Crippen molar-refractivity contribution in [3.05, 3.63) is 81.9 Å². The quantitative estimate of drug-likeness (QED) is 0.134. The Hall–Kier alpha value is -4.72. The maximum absolute atomic E-state index is 10.1. The van der Waals surface area contributed by atoms with Crippen molar-refractivity contribution in [2.45, 2.75) is 84.8 Å². The Kier molecular flexibility index (Phi) is 6.84. The van der Waals surface area contributed by atoms with Crippen molar-refractivity contribution in [1.82, 2.24) is 0 Å². The van der Waals surface area contributed by atoms with E-state index in [0.29, 0.717) is 47.3 Å². The Morgan fingerprint density at radius 2 is 0.978 bits per heavy atom. The number of hydrogen-bond acceptors (Lipinski definition) is 8. The van der Waals surface area contributed by atoms with Crippen LogP contribution in [0, 0.1) is 27.7 Å². The van der Waals surface area contributed by atoms with E-state index < -0.39 is 5.79 Å². The number of hydrogen-bond donors (Lipinski definition) is 4. The van der Waals surface area contributed by atoms with Gasteiger partial charge >= 0.3 is 0 Å². The van der Waals surface area contributed by atoms with Crippen LogP contribution in [-0.2, 0) is 10.8 Å². The third-order valence-electron chi connectivity index (χ3n) is 9.46. The van der Waals surface area contributed by atoms with Gasteiger partial charge in [-0.25, -0.2) is 0 Å². The molecule has 2 heterocycles. The van der Waals surface area contributed by atoms with E-state index in [9.17, 15) is 10.2 Å². The lowest BCUT2D eigenvalue weighted by atomic mass is 9.67. The van der Waals surface area contributed by atoms with Gasteiger partial charge in [0.05, 0.1) is 11.4 Å². The summed E-state index contributed by atoms with van der Waals surface area (Å²) in [5, 5.41) is 20.3. The third-order valence-corrected chi connectivity index (χ3v) is 9.46. The highest BCUT2D eigenvalue weighted by Crippen LogP contribution is 2.57. The van der Waals surface area contributed by atoms with Crippen molar-refractivity contribution < 1.29 is 29.2 Å². The van der Waals surface area contributed by atoms with E-state index in [1.54, 1.807) is 24.3 Å². The van der Waals surface area contributed by atoms with Gasteiger partial charge in [0.1, 0.15) is 46.0 Å². The predicted octanol–water partition coefficient (Wildman–Crippen LogP) is 8.60. The summed E-state index contributed by atoms with van der Waals surface area (Å²) < 4.78 is 26.4. The molecule has 4 aromatic rings. The maximum Gasteiger partial charge on any atom is 0.252 e. The van der Waals surface area contributed by atoms with E-state index in [1.807, 2.05) is 26.0 Å². The smallest absolute Gasteiger partial charge is 0.252 e. The Morgan fingerprint density at radius 3 is 1.33 bits per heavy atom. The largest absolute Gasteiger partial charge is 0.506 e. The van der Waals surface area contributed by atoms with Crippen LogP contribution in [0.1, 0.15) is 73.9 Å². The molecule has 8 heteroatoms. The second-order valence-corrected chi connectivity index (χ2v) is 13.9. The van der Waals surface area contributed by atoms with Crippen molar-refractivity contribution in [2.24, 2.45) is 0 Å². The molecule has 8 nitrogen and oxygen atoms in total. The molecule has 6 rings (SSSR count). The Labute approximate surface area is 264 Å². The molecule has 0 aliphatic carbocycles. The second-order valence-electron chi connectivity index (χ2n) is 13.9. The first-order chi connectivity index (χ1) is 21.0. The summed E-state index contributed by atoms with van der Waals surface area (Å²) >= 11 is 0. The Balaban J connectivity index is 1.41. The zero-order valence-electron chi connectivity index (χ0n) is 27.2. The molecule has 0 amide bonds. The number of fused-ring (bicyclic) bond motifs is 2. The minimum atomic E-state index is -0.954. The Bertz CT molecular complexity index is 1720. The molecule has 1 spiro atoms. The van der Waals surface area contributed by atoms with Crippen LogP contribution in [0.2, 0.25) is 0 Å². The van der Waals surface area contributed by atoms with Crippen LogP contribution in [0.5, 0.6) is 46.0 Å². The molecule has 0 radical (unpaired) electrons. The van der Waals surface area contributed by atoms with Gasteiger partial charge in [-0.2, -0.15) is 0 Å². The summed E-state index contributed by atoms with van der Waals surface area (Å²) in [6.07, 6.45) is 1.27. The normalized spacial score (nSPS) is 17.1. The van der Waals surface area contributed by atoms with Crippen LogP contribution in [0.3, 0.4) is 0 Å². The van der Waals surface area contributed by atoms with Crippen LogP contribution >= 0.6 is 0 Å². The lowest BCUT2D eigenvalue weighted by Gasteiger charge is -2.52. The fourth-order valence-corrected chi connectivity index (χ4v) is 7.35. The van der Waals surface area contributed by atoms with Crippen molar-refractivity contribution in [1.29, 1.82) is 0 Å². The third kappa shape index (κ3) is 5.12. The van der Waals surface area contributed by atoms with Crippen LogP contribution in [0.25, 0.3) is 0 Å². The van der Waals surface area contributed by atoms with E-state index in [0.717, 1.165) is 33.4 Å². The summed E-state index contributed by atoms with van der Waals surface area (Å²) in [5.74, 6) is 2.62. The van der Waals surface area contributed by atoms with E-state index >= 15 is 0 Å². The first kappa shape index (κ1) is 30.3. The van der Waals surface area contributed by atoms with Crippen LogP contribution < -0.4 is 30.4 Å². The molecule has 236 valence electrons. The lowest BCUT2D eigenvalue weighted by molar-refractivity contribution is -0.166. The number of aromatic hydroxyl groups is 2. The summed E-state index contributed by atoms with van der Waals surface area (Å²) in [6, 6.07) is 13.6. The van der Waals surface area contributed by atoms with Gasteiger partial charge in [-0.15, -0.1) is 0 Å². The van der Waals surface area contributed by atoms with Crippen LogP contribution in [-0.4, -0.2) is 16.0 Å². The summed E-state index contributed by atoms with van der Waals surface area (Å²) in [4.78, 5) is 0. The van der Waals surface area contributed by atoms with Crippen molar-refractivity contribution in [3.8, 4) is 46.0 Å². The summed E-state index contributed by atoms with van der Waals surface area (Å²) in [7, 11) is 0. The van der Waals surface area contributed by atoms with Gasteiger partial charge in [0.2, 0.25) is 0 Å². The lowest BCUT2D eigenvalue weighted by Crippen LogP contribution is -2.56. The number of ether oxygens (including phenoxy) is 4. The number of phenolic OH excluding ortho intramolecular Hbond substituents is 2. The van der Waals surface area contributed by atoms with E-state index in [2.05, 4.69) is 41.5 Å². The van der Waals surface area contributed by atoms with Gasteiger partial charge in [0.15, 0.2) is 0 Å². The molecule has 2 aliphatic heterocycles. The highest BCUT2D eigenvalue weighted by atomic mass is 16.7. The molecule has 0 saturated heterocycles. The zero-order valence-corrected chi connectivity index (χ0v) is 27.2. The fraction of sp³-hybridized carbons (Fsp3) is 0.351. The molecule has 6 N–H and O–H groups in total. The van der Waals surface area contributed by atoms with Crippen molar-refractivity contribution in [2.75, 3.05) is 11.5 Å². The maximum atomic E-state index is 10.1. The molecule has 0 aromatic heterocycles. The molecular weight excluding hydrogens is 568 g/mol. The minimum Gasteiger partial charge on any atom is -0.506 e. The second kappa shape index (κ2) is 10.2. The highest BCUT2D eigenvalue weighted by molar-refractivity contribution is 5.61. The molecule has 0 bridgehead atoms. The monoisotopic (exact) mass is 610 g/mol. The molecule has 0 atom stereocenters. The zero-order chi connectivity index (χ0) is 32.6. The number of benzene rings is 4. The van der Waals surface area contributed by atoms with Gasteiger partial charge in [-0.1, -0.05) is 27.7 Å². The fourth-order valence-electron chi connectivity index (χ4n) is 7.35. The van der Waals surface area contributed by atoms with E-state index in [4.69, 9.17) is 30.4 Å². The molecule has 2 aliphatic rings. The highest BCUT2D eigenvalue weighted by Gasteiger charge is 2.54. The Morgan fingerprint density at radius 1 is 0.600 bits per heavy atom. The van der Waals surface area contributed by atoms with Gasteiger partial charge in [0, 0.05) is 59.1 Å². The molecule has 0 unspecified atom stereocenters. The van der Waals surface area contributed by atoms with Gasteiger partial charge < -0.3 is 40.6 Å². The standard InChI is InChI=1S/C37H42N2O6/c1-19-21(3)33-31(15-29(19)42-23-9-11-25(38)27(40)13-23)44-37(17-35(33,5)6)18-36(7,8)34-22(4)20(2)30(16-32(34)45-37)43-24-10-12-26(39)28(41)14-24/h9-16,40-41H,17-18,38-39H2,1-8H3. The first-order valence-corrected chi connectivity index (χ1v) is 15.2. The average molecular weight is 611 g/mol. The topological polar surface area (TPSA) is 129 Å². The van der Waals surface area contributed by atoms with E-state index in [-0.39, 0.29) is 33.7 Å². The van der Waals surface area contributed by atoms with Gasteiger partial charge in [0.25, 0.3) is 5.79 Å². The van der Waals surface area contributed by atoms with Gasteiger partial charge in [-0.3, -0.25) is 0 Å². The van der Waals surface area contributed by atoms with Crippen molar-refractivity contribution in [3.63, 3.8) is 0 Å². The number of anilines is 2. The predicted molar refractivity (Wildman–Crippen MR) is 176 cm³/mol. The van der Waals surface area contributed by atoms with Gasteiger partial charge in [-0.05, 0) is 74.2 Å². The molecule has 4 aromatic carbocycles. The van der Waals surface area contributed by atoms with Crippen molar-refractivity contribution >= 4 is 11.4 Å². The minimum absolute atomic E-state index is 0.0326. The first-order valence-electron chi connectivity index (χ1n) is 15.2. The number of nitrogens with two attached hydrogens (primary N) is 2. The molecule has 45 heavy (non-hydrogen) atoms. The van der Waals surface area contributed by atoms with E-state index in [1.165, 1.54) is 12.1 Å². The number of phenols is 2. The summed E-state index contributed by atoms with van der Waals surface area (Å²) in [6.45, 7) is 17.2. The average Bonchev–Trinajstić information content (AvgIpc) is 2.92. The molecule has 0 fully saturated rings. The summed E-state index contributed by atoms with van der Waals surface area (Å²) in [5.41, 5.74) is 18.0. The number of nitrogen functional groups attached to an aromatic ring is 2. The van der Waals surface area contributed by atoms with Crippen LogP contribution in [0.4, 0.5) is 11.4 Å². The SMILES string of the molecule is Cc1c(Oc2ccc(N)c(O)c2)cc2c(c1C)C(C)(C)CC1(CC(C)(C)c3c(cc(Oc4ccc(N)c(O)c4)c(C)c3C)O1)O2.